The van der Waals surface area contributed by atoms with E-state index >= 15 is 0 Å². The molecule has 0 spiro atoms. The number of hydrogen-bond donors (Lipinski definition) is 1. The minimum atomic E-state index is 0.228. The molecule has 1 aliphatic heterocycles. The monoisotopic (exact) mass is 370 g/mol. The smallest absolute Gasteiger partial charge is 0.124 e. The zero-order valence-corrected chi connectivity index (χ0v) is 17.8. The average Bonchev–Trinajstić information content (AvgIpc) is 3.04. The van der Waals surface area contributed by atoms with Gasteiger partial charge in [-0.2, -0.15) is 0 Å². The van der Waals surface area contributed by atoms with Gasteiger partial charge in [-0.25, -0.2) is 0 Å². The van der Waals surface area contributed by atoms with Crippen LogP contribution in [0.1, 0.15) is 71.9 Å². The maximum atomic E-state index is 5.80. The van der Waals surface area contributed by atoms with Crippen molar-refractivity contribution < 1.29 is 4.74 Å². The van der Waals surface area contributed by atoms with E-state index in [1.807, 2.05) is 39.0 Å². The quantitative estimate of drug-likeness (QED) is 0.601. The Balaban J connectivity index is 0.000000346. The highest BCUT2D eigenvalue weighted by Crippen LogP contribution is 2.26. The molecule has 0 aromatic heterocycles. The minimum absolute atomic E-state index is 0.228. The lowest BCUT2D eigenvalue weighted by Crippen LogP contribution is -2.33. The second-order valence-electron chi connectivity index (χ2n) is 6.59. The van der Waals surface area contributed by atoms with Gasteiger partial charge in [-0.3, -0.25) is 4.99 Å². The van der Waals surface area contributed by atoms with E-state index in [4.69, 9.17) is 9.73 Å². The second kappa shape index (κ2) is 14.2. The number of nitrogens with one attached hydrogen (secondary N) is 1. The van der Waals surface area contributed by atoms with Crippen molar-refractivity contribution in [3.05, 3.63) is 60.2 Å². The summed E-state index contributed by atoms with van der Waals surface area (Å²) in [5.41, 5.74) is 1.27. The van der Waals surface area contributed by atoms with Crippen LogP contribution in [0.15, 0.2) is 59.6 Å². The zero-order valence-electron chi connectivity index (χ0n) is 17.8. The van der Waals surface area contributed by atoms with Crippen LogP contribution >= 0.6 is 0 Å². The molecule has 1 aliphatic carbocycles. The van der Waals surface area contributed by atoms with E-state index < -0.39 is 0 Å². The number of benzene rings is 1. The first-order chi connectivity index (χ1) is 13.2. The average molecular weight is 371 g/mol. The maximum Gasteiger partial charge on any atom is 0.124 e. The fraction of sp³-hybridized carbons (Fsp3) is 0.542. The molecule has 1 unspecified atom stereocenters. The molecule has 0 saturated heterocycles. The Labute approximate surface area is 166 Å². The number of allylic oxidation sites excluding steroid dienone is 4. The van der Waals surface area contributed by atoms with Gasteiger partial charge in [-0.1, -0.05) is 75.4 Å². The second-order valence-corrected chi connectivity index (χ2v) is 6.59. The van der Waals surface area contributed by atoms with Crippen LogP contribution in [0.3, 0.4) is 0 Å². The lowest BCUT2D eigenvalue weighted by atomic mass is 9.96. The van der Waals surface area contributed by atoms with Gasteiger partial charge in [0.25, 0.3) is 0 Å². The molecule has 1 heterocycles. The standard InChI is InChI=1S/C15H20N2O.C7H12.C2H6/c1-11-15(12-6-3-2-4-7-12)17-14(16-11)10-18-13-8-5-9-13;1-3-5-7-6-4-2;1-2/h2-4,6-7,11,13,15H,5,8-10H2,1H3,(H,16,17);3,5-7H,4H2,1-2H3;1-2H3/b;5-3-,7-6-;/t11?,15-;;/m0../s1. The molecule has 3 heteroatoms. The van der Waals surface area contributed by atoms with Crippen LogP contribution in [-0.4, -0.2) is 24.6 Å². The third kappa shape index (κ3) is 8.57. The Morgan fingerprint density at radius 3 is 2.41 bits per heavy atom. The van der Waals surface area contributed by atoms with Crippen molar-refractivity contribution in [2.24, 2.45) is 4.99 Å². The Morgan fingerprint density at radius 1 is 1.15 bits per heavy atom. The fourth-order valence-electron chi connectivity index (χ4n) is 2.81. The normalized spacial score (nSPS) is 21.6. The number of hydrogen-bond acceptors (Lipinski definition) is 3. The van der Waals surface area contributed by atoms with Gasteiger partial charge in [0.2, 0.25) is 0 Å². The predicted molar refractivity (Wildman–Crippen MR) is 118 cm³/mol. The minimum Gasteiger partial charge on any atom is -0.370 e. The Bertz CT molecular complexity index is 573. The number of ether oxygens (including phenoxy) is 1. The molecule has 2 atom stereocenters. The highest BCUT2D eigenvalue weighted by atomic mass is 16.5. The third-order valence-corrected chi connectivity index (χ3v) is 4.49. The molecule has 1 saturated carbocycles. The lowest BCUT2D eigenvalue weighted by molar-refractivity contribution is 0.0238. The summed E-state index contributed by atoms with van der Waals surface area (Å²) < 4.78 is 5.80. The summed E-state index contributed by atoms with van der Waals surface area (Å²) in [5, 5.41) is 3.43. The van der Waals surface area contributed by atoms with Crippen molar-refractivity contribution in [3.8, 4) is 0 Å². The van der Waals surface area contributed by atoms with E-state index in [9.17, 15) is 0 Å². The van der Waals surface area contributed by atoms with E-state index in [0.29, 0.717) is 18.8 Å². The van der Waals surface area contributed by atoms with Gasteiger partial charge in [0.05, 0.1) is 18.2 Å². The number of aliphatic imine (C=N–C) groups is 1. The van der Waals surface area contributed by atoms with Crippen LogP contribution in [0.5, 0.6) is 0 Å². The van der Waals surface area contributed by atoms with Gasteiger partial charge >= 0.3 is 0 Å². The van der Waals surface area contributed by atoms with E-state index in [0.717, 1.165) is 12.3 Å². The van der Waals surface area contributed by atoms with Gasteiger partial charge < -0.3 is 10.1 Å². The van der Waals surface area contributed by atoms with Crippen molar-refractivity contribution >= 4 is 5.84 Å². The SMILES string of the molecule is C/C=C\C=C/CC.CC.CC1NC(COC2CCC2)=N[C@@H]1c1ccccc1. The van der Waals surface area contributed by atoms with Crippen molar-refractivity contribution in [2.45, 2.75) is 78.5 Å². The summed E-state index contributed by atoms with van der Waals surface area (Å²) in [6.07, 6.45) is 13.6. The van der Waals surface area contributed by atoms with Gasteiger partial charge in [-0.15, -0.1) is 0 Å². The molecular formula is C24H38N2O. The Hall–Kier alpha value is -1.87. The number of amidine groups is 1. The summed E-state index contributed by atoms with van der Waals surface area (Å²) in [4.78, 5) is 4.75. The fourth-order valence-corrected chi connectivity index (χ4v) is 2.81. The summed E-state index contributed by atoms with van der Waals surface area (Å²) in [5.74, 6) is 1.00. The first kappa shape index (κ1) is 23.2. The van der Waals surface area contributed by atoms with Crippen LogP contribution in [0, 0.1) is 0 Å². The summed E-state index contributed by atoms with van der Waals surface area (Å²) >= 11 is 0. The topological polar surface area (TPSA) is 33.6 Å². The molecule has 0 amide bonds. The summed E-state index contributed by atoms with van der Waals surface area (Å²) in [7, 11) is 0. The summed E-state index contributed by atoms with van der Waals surface area (Å²) in [6, 6.07) is 11.0. The molecule has 0 bridgehead atoms. The largest absolute Gasteiger partial charge is 0.370 e. The number of rotatable bonds is 6. The van der Waals surface area contributed by atoms with Gasteiger partial charge in [-0.05, 0) is 45.1 Å². The zero-order chi connectivity index (χ0) is 19.9. The molecule has 1 fully saturated rings. The Kier molecular flexibility index (Phi) is 12.2. The molecule has 150 valence electrons. The van der Waals surface area contributed by atoms with Crippen molar-refractivity contribution in [1.82, 2.24) is 5.32 Å². The molecule has 27 heavy (non-hydrogen) atoms. The highest BCUT2D eigenvalue weighted by molar-refractivity contribution is 5.85. The van der Waals surface area contributed by atoms with Crippen molar-refractivity contribution in [3.63, 3.8) is 0 Å². The summed E-state index contributed by atoms with van der Waals surface area (Å²) in [6.45, 7) is 11.0. The molecule has 1 N–H and O–H groups in total. The van der Waals surface area contributed by atoms with Crippen LogP contribution in [0.25, 0.3) is 0 Å². The molecular weight excluding hydrogens is 332 g/mol. The van der Waals surface area contributed by atoms with Crippen molar-refractivity contribution in [2.75, 3.05) is 6.61 Å². The van der Waals surface area contributed by atoms with Crippen LogP contribution < -0.4 is 5.32 Å². The van der Waals surface area contributed by atoms with E-state index in [1.165, 1.54) is 24.8 Å². The van der Waals surface area contributed by atoms with Gasteiger partial charge in [0.1, 0.15) is 12.4 Å². The van der Waals surface area contributed by atoms with Crippen LogP contribution in [-0.2, 0) is 4.74 Å². The highest BCUT2D eigenvalue weighted by Gasteiger charge is 2.27. The first-order valence-corrected chi connectivity index (χ1v) is 10.5. The van der Waals surface area contributed by atoms with Crippen LogP contribution in [0.4, 0.5) is 0 Å². The lowest BCUT2D eigenvalue weighted by Gasteiger charge is -2.25. The van der Waals surface area contributed by atoms with E-state index in [2.05, 4.69) is 55.6 Å². The first-order valence-electron chi connectivity index (χ1n) is 10.5. The molecule has 3 rings (SSSR count). The molecule has 2 aliphatic rings. The predicted octanol–water partition coefficient (Wildman–Crippen LogP) is 6.24. The van der Waals surface area contributed by atoms with Gasteiger partial charge in [0.15, 0.2) is 0 Å². The van der Waals surface area contributed by atoms with Crippen LogP contribution in [0.2, 0.25) is 0 Å². The van der Waals surface area contributed by atoms with E-state index in [1.54, 1.807) is 0 Å². The molecule has 1 aromatic carbocycles. The third-order valence-electron chi connectivity index (χ3n) is 4.49. The van der Waals surface area contributed by atoms with Crippen molar-refractivity contribution in [1.29, 1.82) is 0 Å². The van der Waals surface area contributed by atoms with Gasteiger partial charge in [0, 0.05) is 0 Å². The molecule has 0 radical (unpaired) electrons. The number of nitrogens with zero attached hydrogens (tertiary/aromatic N) is 1. The maximum absolute atomic E-state index is 5.80. The molecule has 3 nitrogen and oxygen atoms in total. The molecule has 1 aromatic rings. The Morgan fingerprint density at radius 2 is 1.85 bits per heavy atom. The van der Waals surface area contributed by atoms with E-state index in [-0.39, 0.29) is 6.04 Å².